The molecule has 0 radical (unpaired) electrons. The fourth-order valence-electron chi connectivity index (χ4n) is 3.51. The van der Waals surface area contributed by atoms with Gasteiger partial charge >= 0.3 is 0 Å². The average molecular weight is 353 g/mol. The van der Waals surface area contributed by atoms with Crippen LogP contribution in [0.3, 0.4) is 0 Å². The Morgan fingerprint density at radius 3 is 2.52 bits per heavy atom. The molecule has 134 valence electrons. The number of hydrogen-bond acceptors (Lipinski definition) is 2. The van der Waals surface area contributed by atoms with Crippen LogP contribution in [0.2, 0.25) is 0 Å². The minimum atomic E-state index is 0.893. The van der Waals surface area contributed by atoms with Gasteiger partial charge < -0.3 is 4.57 Å². The maximum atomic E-state index is 4.74. The first-order valence-corrected chi connectivity index (χ1v) is 9.19. The van der Waals surface area contributed by atoms with Crippen LogP contribution in [0.4, 0.5) is 5.69 Å². The number of hydrogen-bond donors (Lipinski definition) is 0. The zero-order valence-electron chi connectivity index (χ0n) is 16.2. The maximum Gasteiger partial charge on any atom is 0.0958 e. The second kappa shape index (κ2) is 6.84. The number of fused-ring (bicyclic) bond motifs is 1. The zero-order valence-corrected chi connectivity index (χ0v) is 16.2. The van der Waals surface area contributed by atoms with Crippen LogP contribution in [0.5, 0.6) is 0 Å². The topological polar surface area (TPSA) is 30.2 Å². The van der Waals surface area contributed by atoms with Crippen LogP contribution in [0.25, 0.3) is 16.6 Å². The van der Waals surface area contributed by atoms with Crippen LogP contribution in [-0.4, -0.2) is 15.8 Å². The lowest BCUT2D eigenvalue weighted by Gasteiger charge is -2.11. The fourth-order valence-corrected chi connectivity index (χ4v) is 3.51. The van der Waals surface area contributed by atoms with E-state index < -0.39 is 0 Å². The molecule has 4 aromatic rings. The Balaban J connectivity index is 1.75. The van der Waals surface area contributed by atoms with Gasteiger partial charge in [-0.15, -0.1) is 0 Å². The summed E-state index contributed by atoms with van der Waals surface area (Å²) in [4.78, 5) is 9.23. The molecule has 3 heteroatoms. The van der Waals surface area contributed by atoms with Crippen molar-refractivity contribution >= 4 is 22.8 Å². The van der Waals surface area contributed by atoms with Crippen LogP contribution in [-0.2, 0) is 0 Å². The van der Waals surface area contributed by atoms with E-state index in [0.717, 1.165) is 22.2 Å². The van der Waals surface area contributed by atoms with Gasteiger partial charge in [0.2, 0.25) is 0 Å². The first-order valence-electron chi connectivity index (χ1n) is 9.19. The lowest BCUT2D eigenvalue weighted by Crippen LogP contribution is -2.00. The largest absolute Gasteiger partial charge is 0.318 e. The van der Waals surface area contributed by atoms with Gasteiger partial charge in [-0.05, 0) is 69.2 Å². The molecule has 0 saturated carbocycles. The lowest BCUT2D eigenvalue weighted by molar-refractivity contribution is 0.961. The Labute approximate surface area is 160 Å². The van der Waals surface area contributed by atoms with E-state index in [9.17, 15) is 0 Å². The molecule has 0 aliphatic carbocycles. The number of aromatic nitrogens is 2. The number of benzene rings is 2. The Bertz CT molecular complexity index is 1160. The molecule has 0 N–H and O–H groups in total. The molecule has 0 saturated heterocycles. The van der Waals surface area contributed by atoms with Crippen molar-refractivity contribution < 1.29 is 0 Å². The first kappa shape index (κ1) is 17.2. The molecule has 0 amide bonds. The standard InChI is InChI=1S/C24H23N3/c1-16-10-11-22(13-17(16)2)27-18(3)14-21(19(27)4)15-26-23-9-5-7-20-8-6-12-25-24(20)23/h5-15H,1-4H3. The molecule has 0 fully saturated rings. The third kappa shape index (κ3) is 3.17. The monoisotopic (exact) mass is 353 g/mol. The molecule has 0 aliphatic heterocycles. The van der Waals surface area contributed by atoms with Crippen LogP contribution in [0, 0.1) is 27.7 Å². The molecule has 0 unspecified atom stereocenters. The second-order valence-electron chi connectivity index (χ2n) is 7.04. The van der Waals surface area contributed by atoms with Crippen molar-refractivity contribution in [2.24, 2.45) is 4.99 Å². The van der Waals surface area contributed by atoms with Crippen LogP contribution in [0.15, 0.2) is 65.8 Å². The highest BCUT2D eigenvalue weighted by Crippen LogP contribution is 2.25. The van der Waals surface area contributed by atoms with Gasteiger partial charge in [-0.1, -0.05) is 24.3 Å². The summed E-state index contributed by atoms with van der Waals surface area (Å²) in [7, 11) is 0. The maximum absolute atomic E-state index is 4.74. The number of nitrogens with zero attached hydrogens (tertiary/aromatic N) is 3. The molecule has 27 heavy (non-hydrogen) atoms. The van der Waals surface area contributed by atoms with E-state index in [0.29, 0.717) is 0 Å². The van der Waals surface area contributed by atoms with Crippen LogP contribution in [0.1, 0.15) is 28.1 Å². The Hall–Kier alpha value is -3.20. The number of rotatable bonds is 3. The minimum absolute atomic E-state index is 0.893. The van der Waals surface area contributed by atoms with Crippen molar-refractivity contribution in [3.05, 3.63) is 88.9 Å². The predicted octanol–water partition coefficient (Wildman–Crippen LogP) is 6.01. The quantitative estimate of drug-likeness (QED) is 0.415. The van der Waals surface area contributed by atoms with Crippen molar-refractivity contribution in [3.63, 3.8) is 0 Å². The predicted molar refractivity (Wildman–Crippen MR) is 114 cm³/mol. The van der Waals surface area contributed by atoms with Gasteiger partial charge in [0, 0.05) is 40.4 Å². The molecule has 2 aromatic carbocycles. The molecule has 2 aromatic heterocycles. The van der Waals surface area contributed by atoms with E-state index in [4.69, 9.17) is 4.99 Å². The van der Waals surface area contributed by atoms with E-state index in [1.165, 1.54) is 28.2 Å². The Kier molecular flexibility index (Phi) is 4.36. The SMILES string of the molecule is Cc1ccc(-n2c(C)cc(C=Nc3cccc4cccnc34)c2C)cc1C. The van der Waals surface area contributed by atoms with E-state index >= 15 is 0 Å². The van der Waals surface area contributed by atoms with Gasteiger partial charge in [-0.25, -0.2) is 0 Å². The molecular weight excluding hydrogens is 330 g/mol. The summed E-state index contributed by atoms with van der Waals surface area (Å²) >= 11 is 0. The summed E-state index contributed by atoms with van der Waals surface area (Å²) in [6, 6.07) is 18.9. The van der Waals surface area contributed by atoms with Crippen molar-refractivity contribution in [1.29, 1.82) is 0 Å². The van der Waals surface area contributed by atoms with Crippen molar-refractivity contribution in [2.75, 3.05) is 0 Å². The molecule has 0 bridgehead atoms. The summed E-state index contributed by atoms with van der Waals surface area (Å²) in [6.45, 7) is 8.58. The van der Waals surface area contributed by atoms with Gasteiger partial charge in [-0.2, -0.15) is 0 Å². The molecule has 0 aliphatic rings. The van der Waals surface area contributed by atoms with E-state index in [1.54, 1.807) is 0 Å². The highest BCUT2D eigenvalue weighted by Gasteiger charge is 2.10. The summed E-state index contributed by atoms with van der Waals surface area (Å²) < 4.78 is 2.29. The van der Waals surface area contributed by atoms with Gasteiger partial charge in [-0.3, -0.25) is 9.98 Å². The van der Waals surface area contributed by atoms with Crippen molar-refractivity contribution in [1.82, 2.24) is 9.55 Å². The molecule has 0 spiro atoms. The Morgan fingerprint density at radius 1 is 0.889 bits per heavy atom. The highest BCUT2D eigenvalue weighted by atomic mass is 15.0. The van der Waals surface area contributed by atoms with Gasteiger partial charge in [0.05, 0.1) is 11.2 Å². The number of aryl methyl sites for hydroxylation is 3. The normalized spacial score (nSPS) is 11.6. The van der Waals surface area contributed by atoms with Gasteiger partial charge in [0.1, 0.15) is 0 Å². The highest BCUT2D eigenvalue weighted by molar-refractivity contribution is 5.92. The van der Waals surface area contributed by atoms with Crippen LogP contribution < -0.4 is 0 Å². The fraction of sp³-hybridized carbons (Fsp3) is 0.167. The lowest BCUT2D eigenvalue weighted by atomic mass is 10.1. The van der Waals surface area contributed by atoms with E-state index in [-0.39, 0.29) is 0 Å². The van der Waals surface area contributed by atoms with Crippen molar-refractivity contribution in [3.8, 4) is 5.69 Å². The molecule has 0 atom stereocenters. The number of aliphatic imine (C=N–C) groups is 1. The second-order valence-corrected chi connectivity index (χ2v) is 7.04. The van der Waals surface area contributed by atoms with E-state index in [2.05, 4.69) is 73.6 Å². The summed E-state index contributed by atoms with van der Waals surface area (Å²) in [5.74, 6) is 0. The molecule has 4 rings (SSSR count). The number of pyridine rings is 1. The first-order chi connectivity index (χ1) is 13.0. The van der Waals surface area contributed by atoms with Crippen LogP contribution >= 0.6 is 0 Å². The molecular formula is C24H23N3. The third-order valence-electron chi connectivity index (χ3n) is 5.17. The summed E-state index contributed by atoms with van der Waals surface area (Å²) in [5.41, 5.74) is 9.14. The minimum Gasteiger partial charge on any atom is -0.318 e. The average Bonchev–Trinajstić information content (AvgIpc) is 2.96. The Morgan fingerprint density at radius 2 is 1.70 bits per heavy atom. The van der Waals surface area contributed by atoms with Gasteiger partial charge in [0.15, 0.2) is 0 Å². The van der Waals surface area contributed by atoms with Crippen molar-refractivity contribution in [2.45, 2.75) is 27.7 Å². The number of para-hydroxylation sites is 1. The smallest absolute Gasteiger partial charge is 0.0958 e. The summed E-state index contributed by atoms with van der Waals surface area (Å²) in [6.07, 6.45) is 3.76. The zero-order chi connectivity index (χ0) is 19.0. The van der Waals surface area contributed by atoms with Gasteiger partial charge in [0.25, 0.3) is 0 Å². The van der Waals surface area contributed by atoms with E-state index in [1.807, 2.05) is 30.6 Å². The molecule has 3 nitrogen and oxygen atoms in total. The summed E-state index contributed by atoms with van der Waals surface area (Å²) in [5, 5.41) is 1.10. The molecule has 2 heterocycles. The third-order valence-corrected chi connectivity index (χ3v) is 5.17.